The highest BCUT2D eigenvalue weighted by atomic mass is 16.5. The second kappa shape index (κ2) is 9.83. The molecule has 1 heterocycles. The summed E-state index contributed by atoms with van der Waals surface area (Å²) in [5.74, 6) is 1.22. The van der Waals surface area contributed by atoms with Crippen LogP contribution in [0.25, 0.3) is 22.6 Å². The van der Waals surface area contributed by atoms with Gasteiger partial charge in [0.2, 0.25) is 0 Å². The van der Waals surface area contributed by atoms with E-state index in [0.717, 1.165) is 28.1 Å². The minimum atomic E-state index is -1.04. The summed E-state index contributed by atoms with van der Waals surface area (Å²) < 4.78 is 16.8. The Balaban J connectivity index is 1.58. The second-order valence-electron chi connectivity index (χ2n) is 7.19. The average molecular weight is 429 g/mol. The van der Waals surface area contributed by atoms with E-state index in [1.165, 1.54) is 7.11 Å². The van der Waals surface area contributed by atoms with Crippen molar-refractivity contribution in [3.8, 4) is 34.1 Å². The molecular formula is C26H23NO5. The molecule has 1 N–H and O–H groups in total. The molecule has 0 saturated carbocycles. The van der Waals surface area contributed by atoms with Gasteiger partial charge < -0.3 is 19.0 Å². The van der Waals surface area contributed by atoms with Gasteiger partial charge in [0.05, 0.1) is 7.11 Å². The molecule has 0 aliphatic rings. The third-order valence-electron chi connectivity index (χ3n) is 4.96. The summed E-state index contributed by atoms with van der Waals surface area (Å²) in [6.45, 7) is -0.430. The Kier molecular flexibility index (Phi) is 6.51. The third kappa shape index (κ3) is 4.98. The normalized spacial score (nSPS) is 10.7. The summed E-state index contributed by atoms with van der Waals surface area (Å²) in [4.78, 5) is 15.6. The van der Waals surface area contributed by atoms with Gasteiger partial charge in [-0.3, -0.25) is 0 Å². The fourth-order valence-electron chi connectivity index (χ4n) is 3.43. The maximum atomic E-state index is 10.8. The number of carboxylic acids is 1. The maximum Gasteiger partial charge on any atom is 0.341 e. The van der Waals surface area contributed by atoms with Crippen LogP contribution >= 0.6 is 0 Å². The lowest BCUT2D eigenvalue weighted by Crippen LogP contribution is -2.10. The van der Waals surface area contributed by atoms with E-state index < -0.39 is 12.6 Å². The van der Waals surface area contributed by atoms with Crippen molar-refractivity contribution in [3.63, 3.8) is 0 Å². The molecule has 6 nitrogen and oxygen atoms in total. The van der Waals surface area contributed by atoms with Gasteiger partial charge in [0, 0.05) is 17.5 Å². The van der Waals surface area contributed by atoms with Crippen LogP contribution in [-0.2, 0) is 17.6 Å². The Morgan fingerprint density at radius 2 is 1.59 bits per heavy atom. The quantitative estimate of drug-likeness (QED) is 0.391. The molecule has 0 amide bonds. The predicted molar refractivity (Wildman–Crippen MR) is 121 cm³/mol. The monoisotopic (exact) mass is 429 g/mol. The lowest BCUT2D eigenvalue weighted by Gasteiger charge is -2.10. The molecule has 162 valence electrons. The van der Waals surface area contributed by atoms with Crippen LogP contribution in [0.2, 0.25) is 0 Å². The minimum Gasteiger partial charge on any atom is -0.493 e. The molecule has 1 aromatic heterocycles. The summed E-state index contributed by atoms with van der Waals surface area (Å²) in [7, 11) is 1.52. The number of carboxylic acid groups (broad SMARTS) is 1. The molecule has 0 unspecified atom stereocenters. The molecular weight excluding hydrogens is 406 g/mol. The van der Waals surface area contributed by atoms with Crippen molar-refractivity contribution in [1.29, 1.82) is 0 Å². The Hall–Kier alpha value is -4.06. The lowest BCUT2D eigenvalue weighted by atomic mass is 10.1. The number of methoxy groups -OCH3 is 1. The van der Waals surface area contributed by atoms with E-state index in [4.69, 9.17) is 24.0 Å². The van der Waals surface area contributed by atoms with E-state index in [1.54, 1.807) is 12.1 Å². The van der Waals surface area contributed by atoms with Gasteiger partial charge in [0.15, 0.2) is 29.8 Å². The topological polar surface area (TPSA) is 81.8 Å². The summed E-state index contributed by atoms with van der Waals surface area (Å²) >= 11 is 0. The van der Waals surface area contributed by atoms with Crippen molar-refractivity contribution in [1.82, 2.24) is 4.98 Å². The van der Waals surface area contributed by atoms with Crippen LogP contribution in [0.3, 0.4) is 0 Å². The van der Waals surface area contributed by atoms with E-state index in [0.29, 0.717) is 30.2 Å². The molecule has 3 aromatic carbocycles. The number of oxazole rings is 1. The molecule has 0 saturated heterocycles. The van der Waals surface area contributed by atoms with E-state index in [9.17, 15) is 4.79 Å². The second-order valence-corrected chi connectivity index (χ2v) is 7.19. The number of carbonyl (C=O) groups is 1. The highest BCUT2D eigenvalue weighted by Gasteiger charge is 2.17. The Labute approximate surface area is 186 Å². The van der Waals surface area contributed by atoms with Gasteiger partial charge in [0.1, 0.15) is 5.69 Å². The summed E-state index contributed by atoms with van der Waals surface area (Å²) in [6.07, 6.45) is 1.23. The van der Waals surface area contributed by atoms with Crippen molar-refractivity contribution < 1.29 is 23.8 Å². The van der Waals surface area contributed by atoms with Gasteiger partial charge in [-0.05, 0) is 24.1 Å². The van der Waals surface area contributed by atoms with Gasteiger partial charge in [-0.2, -0.15) is 0 Å². The molecule has 32 heavy (non-hydrogen) atoms. The van der Waals surface area contributed by atoms with Gasteiger partial charge >= 0.3 is 5.97 Å². The zero-order valence-electron chi connectivity index (χ0n) is 17.7. The highest BCUT2D eigenvalue weighted by molar-refractivity contribution is 5.76. The summed E-state index contributed by atoms with van der Waals surface area (Å²) in [6, 6.07) is 25.4. The fourth-order valence-corrected chi connectivity index (χ4v) is 3.43. The molecule has 0 bridgehead atoms. The zero-order chi connectivity index (χ0) is 22.3. The van der Waals surface area contributed by atoms with Crippen LogP contribution in [-0.4, -0.2) is 29.8 Å². The first kappa shape index (κ1) is 21.2. The Morgan fingerprint density at radius 3 is 2.25 bits per heavy atom. The number of aromatic nitrogens is 1. The van der Waals surface area contributed by atoms with Gasteiger partial charge in [-0.25, -0.2) is 9.78 Å². The largest absolute Gasteiger partial charge is 0.493 e. The molecule has 0 aliphatic carbocycles. The van der Waals surface area contributed by atoms with Gasteiger partial charge in [-0.1, -0.05) is 66.7 Å². The van der Waals surface area contributed by atoms with Crippen LogP contribution in [0, 0.1) is 0 Å². The molecule has 0 fully saturated rings. The van der Waals surface area contributed by atoms with Crippen LogP contribution in [0.15, 0.2) is 83.3 Å². The predicted octanol–water partition coefficient (Wildman–Crippen LogP) is 5.27. The molecule has 0 radical (unpaired) electrons. The van der Waals surface area contributed by atoms with Crippen molar-refractivity contribution in [2.75, 3.05) is 13.7 Å². The van der Waals surface area contributed by atoms with Gasteiger partial charge in [-0.15, -0.1) is 0 Å². The van der Waals surface area contributed by atoms with Crippen molar-refractivity contribution in [3.05, 3.63) is 90.3 Å². The molecule has 0 aliphatic heterocycles. The van der Waals surface area contributed by atoms with Crippen molar-refractivity contribution in [2.24, 2.45) is 0 Å². The van der Waals surface area contributed by atoms with Crippen molar-refractivity contribution in [2.45, 2.75) is 12.8 Å². The minimum absolute atomic E-state index is 0.398. The smallest absolute Gasteiger partial charge is 0.341 e. The SMILES string of the molecule is COc1ccc(CCc2nc(-c3ccccc3)c(-c3ccccc3)o2)cc1OCC(=O)O. The first-order valence-corrected chi connectivity index (χ1v) is 10.3. The fraction of sp³-hybridized carbons (Fsp3) is 0.154. The molecule has 4 aromatic rings. The van der Waals surface area contributed by atoms with Crippen molar-refractivity contribution >= 4 is 5.97 Å². The molecule has 0 spiro atoms. The molecule has 6 heteroatoms. The van der Waals surface area contributed by atoms with E-state index in [-0.39, 0.29) is 0 Å². The summed E-state index contributed by atoms with van der Waals surface area (Å²) in [5, 5.41) is 8.89. The number of nitrogens with zero attached hydrogens (tertiary/aromatic N) is 1. The van der Waals surface area contributed by atoms with Crippen LogP contribution in [0.4, 0.5) is 0 Å². The van der Waals surface area contributed by atoms with Crippen LogP contribution in [0.5, 0.6) is 11.5 Å². The van der Waals surface area contributed by atoms with Crippen LogP contribution < -0.4 is 9.47 Å². The number of aryl methyl sites for hydroxylation is 2. The molecule has 0 atom stereocenters. The lowest BCUT2D eigenvalue weighted by molar-refractivity contribution is -0.139. The Bertz CT molecular complexity index is 1130. The van der Waals surface area contributed by atoms with Crippen LogP contribution in [0.1, 0.15) is 11.5 Å². The summed E-state index contributed by atoms with van der Waals surface area (Å²) in [5.41, 5.74) is 3.74. The first-order chi connectivity index (χ1) is 15.6. The standard InChI is InChI=1S/C26H23NO5/c1-30-21-14-12-18(16-22(21)31-17-24(28)29)13-15-23-27-25(19-8-4-2-5-9-19)26(32-23)20-10-6-3-7-11-20/h2-12,14,16H,13,15,17H2,1H3,(H,28,29). The van der Waals surface area contributed by atoms with Gasteiger partial charge in [0.25, 0.3) is 0 Å². The number of hydrogen-bond acceptors (Lipinski definition) is 5. The number of aliphatic carboxylic acids is 1. The Morgan fingerprint density at radius 1 is 0.906 bits per heavy atom. The number of rotatable bonds is 9. The average Bonchev–Trinajstić information content (AvgIpc) is 3.27. The first-order valence-electron chi connectivity index (χ1n) is 10.3. The number of ether oxygens (including phenoxy) is 2. The highest BCUT2D eigenvalue weighted by Crippen LogP contribution is 2.33. The molecule has 4 rings (SSSR count). The number of benzene rings is 3. The third-order valence-corrected chi connectivity index (χ3v) is 4.96. The maximum absolute atomic E-state index is 10.8. The number of hydrogen-bond donors (Lipinski definition) is 1. The van der Waals surface area contributed by atoms with E-state index in [1.807, 2.05) is 66.7 Å². The van der Waals surface area contributed by atoms with E-state index in [2.05, 4.69) is 0 Å². The zero-order valence-corrected chi connectivity index (χ0v) is 17.7. The van der Waals surface area contributed by atoms with E-state index >= 15 is 0 Å².